The highest BCUT2D eigenvalue weighted by atomic mass is 19.4. The molecule has 7 nitrogen and oxygen atoms in total. The van der Waals surface area contributed by atoms with Crippen LogP contribution in [0.25, 0.3) is 5.70 Å². The molecule has 3 atom stereocenters. The monoisotopic (exact) mass is 561 g/mol. The molecular formula is C30H42F3N5O2. The van der Waals surface area contributed by atoms with Gasteiger partial charge in [-0.2, -0.15) is 13.2 Å². The summed E-state index contributed by atoms with van der Waals surface area (Å²) in [7, 11) is 2.17. The van der Waals surface area contributed by atoms with Crippen molar-refractivity contribution >= 4 is 11.7 Å². The zero-order valence-corrected chi connectivity index (χ0v) is 23.9. The van der Waals surface area contributed by atoms with E-state index in [1.807, 2.05) is 25.1 Å². The summed E-state index contributed by atoms with van der Waals surface area (Å²) in [5, 5.41) is 0. The van der Waals surface area contributed by atoms with Crippen LogP contribution in [0.5, 0.6) is 5.75 Å². The van der Waals surface area contributed by atoms with Gasteiger partial charge in [0.05, 0.1) is 13.2 Å². The van der Waals surface area contributed by atoms with Gasteiger partial charge in [0.1, 0.15) is 11.8 Å². The maximum absolute atomic E-state index is 13.5. The number of ether oxygens (including phenoxy) is 1. The zero-order chi connectivity index (χ0) is 28.4. The molecule has 4 aliphatic rings. The number of alkyl halides is 3. The number of rotatable bonds is 7. The molecule has 0 N–H and O–H groups in total. The van der Waals surface area contributed by atoms with Crippen molar-refractivity contribution in [1.29, 1.82) is 0 Å². The van der Waals surface area contributed by atoms with E-state index in [9.17, 15) is 18.0 Å². The van der Waals surface area contributed by atoms with Gasteiger partial charge in [-0.15, -0.1) is 0 Å². The van der Waals surface area contributed by atoms with Crippen LogP contribution >= 0.6 is 0 Å². The van der Waals surface area contributed by atoms with Gasteiger partial charge in [-0.1, -0.05) is 19.1 Å². The number of nitrogens with zero attached hydrogens (tertiary/aromatic N) is 5. The fourth-order valence-corrected chi connectivity index (χ4v) is 6.51. The molecule has 3 saturated heterocycles. The Morgan fingerprint density at radius 1 is 1.02 bits per heavy atom. The number of para-hydroxylation sites is 1. The molecule has 0 spiro atoms. The molecule has 1 aromatic carbocycles. The van der Waals surface area contributed by atoms with Crippen molar-refractivity contribution in [3.8, 4) is 5.75 Å². The Labute approximate surface area is 235 Å². The molecule has 4 heterocycles. The smallest absolute Gasteiger partial charge is 0.408 e. The first-order chi connectivity index (χ1) is 19.2. The van der Waals surface area contributed by atoms with Gasteiger partial charge >= 0.3 is 12.2 Å². The number of benzene rings is 1. The minimum Gasteiger partial charge on any atom is -0.493 e. The molecule has 40 heavy (non-hydrogen) atoms. The highest BCUT2D eigenvalue weighted by Crippen LogP contribution is 2.36. The van der Waals surface area contributed by atoms with Crippen molar-refractivity contribution in [3.63, 3.8) is 0 Å². The zero-order valence-electron chi connectivity index (χ0n) is 23.9. The molecule has 3 fully saturated rings. The van der Waals surface area contributed by atoms with Crippen LogP contribution in [0, 0.1) is 0 Å². The largest absolute Gasteiger partial charge is 0.493 e. The lowest BCUT2D eigenvalue weighted by Gasteiger charge is -2.48. The van der Waals surface area contributed by atoms with Crippen LogP contribution in [0.3, 0.4) is 0 Å². The Hall–Kier alpha value is -2.88. The predicted molar refractivity (Wildman–Crippen MR) is 150 cm³/mol. The summed E-state index contributed by atoms with van der Waals surface area (Å²) in [6.45, 7) is 9.06. The predicted octanol–water partition coefficient (Wildman–Crippen LogP) is 4.87. The first kappa shape index (κ1) is 28.6. The molecule has 0 aromatic heterocycles. The average Bonchev–Trinajstić information content (AvgIpc) is 3.46. The normalized spacial score (nSPS) is 26.0. The van der Waals surface area contributed by atoms with Gasteiger partial charge in [0.25, 0.3) is 0 Å². The van der Waals surface area contributed by atoms with Crippen LogP contribution in [-0.2, 0) is 0 Å². The van der Waals surface area contributed by atoms with Gasteiger partial charge in [-0.3, -0.25) is 0 Å². The van der Waals surface area contributed by atoms with Crippen molar-refractivity contribution < 1.29 is 22.7 Å². The van der Waals surface area contributed by atoms with Crippen LogP contribution < -0.4 is 4.74 Å². The lowest BCUT2D eigenvalue weighted by atomic mass is 9.99. The van der Waals surface area contributed by atoms with E-state index >= 15 is 0 Å². The SMILES string of the molecule is CCOc1ccccc1C1=CC=C(N2CCN(C(=O)N3CCC[C@H]3C(F)(F)F)C[C@H]2CC)CN1C[C@@H]1CCN1C. The van der Waals surface area contributed by atoms with Gasteiger partial charge in [0, 0.05) is 61.8 Å². The van der Waals surface area contributed by atoms with Crippen molar-refractivity contribution in [1.82, 2.24) is 24.5 Å². The first-order valence-corrected chi connectivity index (χ1v) is 14.7. The van der Waals surface area contributed by atoms with Gasteiger partial charge in [-0.25, -0.2) is 4.79 Å². The Morgan fingerprint density at radius 3 is 2.50 bits per heavy atom. The van der Waals surface area contributed by atoms with Crippen LogP contribution in [-0.4, -0.2) is 114 Å². The number of allylic oxidation sites excluding steroid dienone is 2. The molecule has 1 aromatic rings. The van der Waals surface area contributed by atoms with Gasteiger partial charge in [0.15, 0.2) is 0 Å². The molecule has 0 bridgehead atoms. The van der Waals surface area contributed by atoms with Gasteiger partial charge in [-0.05, 0) is 70.5 Å². The second-order valence-corrected chi connectivity index (χ2v) is 11.3. The first-order valence-electron chi connectivity index (χ1n) is 14.7. The van der Waals surface area contributed by atoms with E-state index in [-0.39, 0.29) is 19.0 Å². The van der Waals surface area contributed by atoms with Crippen molar-refractivity contribution in [2.75, 3.05) is 59.5 Å². The second-order valence-electron chi connectivity index (χ2n) is 11.3. The third-order valence-corrected chi connectivity index (χ3v) is 8.93. The van der Waals surface area contributed by atoms with Crippen LogP contribution in [0.2, 0.25) is 0 Å². The summed E-state index contributed by atoms with van der Waals surface area (Å²) >= 11 is 0. The summed E-state index contributed by atoms with van der Waals surface area (Å²) in [6, 6.07) is 6.56. The van der Waals surface area contributed by atoms with Crippen LogP contribution in [0.4, 0.5) is 18.0 Å². The average molecular weight is 562 g/mol. The molecule has 10 heteroatoms. The molecular weight excluding hydrogens is 519 g/mol. The molecule has 5 rings (SSSR count). The number of amides is 2. The molecule has 220 valence electrons. The maximum atomic E-state index is 13.5. The van der Waals surface area contributed by atoms with E-state index in [0.29, 0.717) is 38.7 Å². The van der Waals surface area contributed by atoms with Gasteiger partial charge in [0.2, 0.25) is 0 Å². The molecule has 0 aliphatic carbocycles. The molecule has 0 radical (unpaired) electrons. The summed E-state index contributed by atoms with van der Waals surface area (Å²) in [6.07, 6.45) is 2.34. The number of hydrogen-bond donors (Lipinski definition) is 0. The third kappa shape index (κ3) is 5.78. The number of likely N-dealkylation sites (N-methyl/N-ethyl adjacent to an activating group) is 1. The number of carbonyl (C=O) groups is 1. The van der Waals surface area contributed by atoms with Gasteiger partial charge < -0.3 is 29.2 Å². The fourth-order valence-electron chi connectivity index (χ4n) is 6.51. The van der Waals surface area contributed by atoms with E-state index < -0.39 is 18.2 Å². The van der Waals surface area contributed by atoms with Crippen LogP contribution in [0.15, 0.2) is 42.1 Å². The highest BCUT2D eigenvalue weighted by Gasteiger charge is 2.49. The number of carbonyl (C=O) groups excluding carboxylic acids is 1. The van der Waals surface area contributed by atoms with Crippen molar-refractivity contribution in [3.05, 3.63) is 47.7 Å². The Kier molecular flexibility index (Phi) is 8.54. The minimum absolute atomic E-state index is 0.00753. The second kappa shape index (κ2) is 11.9. The topological polar surface area (TPSA) is 42.5 Å². The van der Waals surface area contributed by atoms with E-state index in [0.717, 1.165) is 48.0 Å². The highest BCUT2D eigenvalue weighted by molar-refractivity contribution is 5.75. The van der Waals surface area contributed by atoms with E-state index in [2.05, 4.69) is 46.9 Å². The van der Waals surface area contributed by atoms with Crippen LogP contribution in [0.1, 0.15) is 45.1 Å². The number of likely N-dealkylation sites (tertiary alicyclic amines) is 2. The maximum Gasteiger partial charge on any atom is 0.408 e. The standard InChI is InChI=1S/C30H42F3N5O2/c1-4-22-19-35(29(39)38-15-8-11-28(38)30(31,32)33)17-18-37(22)24-12-13-26(25-9-6-7-10-27(25)40-5-2)36(21-24)20-23-14-16-34(23)3/h6-7,9-10,12-13,22-23,28H,4-5,8,11,14-21H2,1-3H3/t22-,23+,28+/m1/s1. The minimum atomic E-state index is -4.38. The van der Waals surface area contributed by atoms with Crippen molar-refractivity contribution in [2.45, 2.75) is 63.8 Å². The molecule has 2 amide bonds. The third-order valence-electron chi connectivity index (χ3n) is 8.93. The molecule has 0 unspecified atom stereocenters. The van der Waals surface area contributed by atoms with E-state index in [1.165, 1.54) is 12.1 Å². The lowest BCUT2D eigenvalue weighted by molar-refractivity contribution is -0.170. The number of urea groups is 1. The molecule has 4 aliphatic heterocycles. The number of piperazine rings is 1. The summed E-state index contributed by atoms with van der Waals surface area (Å²) in [4.78, 5) is 23.1. The number of hydrogen-bond acceptors (Lipinski definition) is 5. The Morgan fingerprint density at radius 2 is 1.82 bits per heavy atom. The number of halogens is 3. The summed E-state index contributed by atoms with van der Waals surface area (Å²) < 4.78 is 46.6. The lowest BCUT2D eigenvalue weighted by Crippen LogP contribution is -2.59. The quantitative estimate of drug-likeness (QED) is 0.475. The Balaban J connectivity index is 1.35. The molecule has 0 saturated carbocycles. The van der Waals surface area contributed by atoms with Crippen molar-refractivity contribution in [2.24, 2.45) is 0 Å². The van der Waals surface area contributed by atoms with E-state index in [4.69, 9.17) is 4.74 Å². The summed E-state index contributed by atoms with van der Waals surface area (Å²) in [5.41, 5.74) is 3.41. The summed E-state index contributed by atoms with van der Waals surface area (Å²) in [5.74, 6) is 0.873. The van der Waals surface area contributed by atoms with E-state index in [1.54, 1.807) is 4.90 Å². The Bertz CT molecular complexity index is 1120. The fraction of sp³-hybridized carbons (Fsp3) is 0.633.